The lowest BCUT2D eigenvalue weighted by molar-refractivity contribution is 0.0972. The molecule has 0 radical (unpaired) electrons. The van der Waals surface area contributed by atoms with Gasteiger partial charge in [-0.3, -0.25) is 4.79 Å². The monoisotopic (exact) mass is 349 g/mol. The van der Waals surface area contributed by atoms with Crippen molar-refractivity contribution in [3.8, 4) is 5.75 Å². The molecule has 0 amide bonds. The second-order valence-electron chi connectivity index (χ2n) is 5.50. The molecule has 0 aliphatic rings. The fraction of sp³-hybridized carbons (Fsp3) is 0.316. The van der Waals surface area contributed by atoms with E-state index in [1.807, 2.05) is 37.3 Å². The van der Waals surface area contributed by atoms with E-state index in [2.05, 4.69) is 5.32 Å². The standard InChI is InChI=1S/C19H23NO3.ClH/c1-14(19(22)16-6-4-3-5-7-16)20-13-12-18(21)15-8-10-17(23-2)11-9-15;/h3-11,14,19-20,22H,12-13H2,1-2H3;1H/t14-,19-;/m0./s1. The number of methoxy groups -OCH3 is 1. The van der Waals surface area contributed by atoms with Crippen LogP contribution in [0.4, 0.5) is 0 Å². The smallest absolute Gasteiger partial charge is 0.164 e. The number of nitrogens with one attached hydrogen (secondary N) is 1. The summed E-state index contributed by atoms with van der Waals surface area (Å²) in [4.78, 5) is 12.1. The van der Waals surface area contributed by atoms with Gasteiger partial charge in [0.1, 0.15) is 5.75 Å². The van der Waals surface area contributed by atoms with E-state index in [9.17, 15) is 9.90 Å². The lowest BCUT2D eigenvalue weighted by Gasteiger charge is -2.20. The van der Waals surface area contributed by atoms with Crippen molar-refractivity contribution in [3.05, 3.63) is 65.7 Å². The molecule has 2 N–H and O–H groups in total. The summed E-state index contributed by atoms with van der Waals surface area (Å²) >= 11 is 0. The maximum atomic E-state index is 12.1. The average molecular weight is 350 g/mol. The van der Waals surface area contributed by atoms with Crippen LogP contribution in [0.5, 0.6) is 5.75 Å². The number of halogens is 1. The molecule has 0 aliphatic carbocycles. The third kappa shape index (κ3) is 5.64. The zero-order valence-electron chi connectivity index (χ0n) is 13.9. The van der Waals surface area contributed by atoms with Crippen LogP contribution in [0.15, 0.2) is 54.6 Å². The molecule has 24 heavy (non-hydrogen) atoms. The minimum Gasteiger partial charge on any atom is -0.497 e. The molecule has 0 saturated heterocycles. The largest absolute Gasteiger partial charge is 0.497 e. The van der Waals surface area contributed by atoms with Crippen LogP contribution in [-0.2, 0) is 0 Å². The van der Waals surface area contributed by atoms with Crippen molar-refractivity contribution in [2.45, 2.75) is 25.5 Å². The normalized spacial score (nSPS) is 12.8. The van der Waals surface area contributed by atoms with Crippen LogP contribution in [-0.4, -0.2) is 30.6 Å². The Balaban J connectivity index is 0.00000288. The van der Waals surface area contributed by atoms with E-state index >= 15 is 0 Å². The van der Waals surface area contributed by atoms with Gasteiger partial charge in [0.05, 0.1) is 13.2 Å². The Bertz CT molecular complexity index is 616. The van der Waals surface area contributed by atoms with Gasteiger partial charge in [-0.05, 0) is 36.8 Å². The van der Waals surface area contributed by atoms with Crippen molar-refractivity contribution in [2.75, 3.05) is 13.7 Å². The second kappa shape index (κ2) is 10.1. The molecule has 0 heterocycles. The third-order valence-corrected chi connectivity index (χ3v) is 3.85. The van der Waals surface area contributed by atoms with Crippen molar-refractivity contribution in [1.82, 2.24) is 5.32 Å². The van der Waals surface area contributed by atoms with Crippen molar-refractivity contribution in [3.63, 3.8) is 0 Å². The van der Waals surface area contributed by atoms with Crippen molar-refractivity contribution >= 4 is 18.2 Å². The lowest BCUT2D eigenvalue weighted by Crippen LogP contribution is -2.33. The van der Waals surface area contributed by atoms with E-state index in [4.69, 9.17) is 4.74 Å². The van der Waals surface area contributed by atoms with E-state index < -0.39 is 6.10 Å². The number of hydrogen-bond acceptors (Lipinski definition) is 4. The number of benzene rings is 2. The third-order valence-electron chi connectivity index (χ3n) is 3.85. The van der Waals surface area contributed by atoms with Gasteiger partial charge in [0.2, 0.25) is 0 Å². The summed E-state index contributed by atoms with van der Waals surface area (Å²) < 4.78 is 5.08. The van der Waals surface area contributed by atoms with Crippen molar-refractivity contribution in [1.29, 1.82) is 0 Å². The first kappa shape index (κ1) is 20.2. The van der Waals surface area contributed by atoms with E-state index in [1.54, 1.807) is 31.4 Å². The first-order chi connectivity index (χ1) is 11.1. The first-order valence-corrected chi connectivity index (χ1v) is 7.75. The van der Waals surface area contributed by atoms with E-state index in [1.165, 1.54) is 0 Å². The highest BCUT2D eigenvalue weighted by atomic mass is 35.5. The SMILES string of the molecule is COc1ccc(C(=O)CCN[C@@H](C)[C@H](O)c2ccccc2)cc1.Cl. The Morgan fingerprint density at radius 3 is 2.33 bits per heavy atom. The maximum Gasteiger partial charge on any atom is 0.164 e. The number of ketones is 1. The molecule has 0 saturated carbocycles. The molecule has 2 aromatic rings. The number of ether oxygens (including phenoxy) is 1. The van der Waals surface area contributed by atoms with Gasteiger partial charge in [-0.2, -0.15) is 0 Å². The number of rotatable bonds is 8. The molecule has 5 heteroatoms. The van der Waals surface area contributed by atoms with Gasteiger partial charge < -0.3 is 15.2 Å². The number of Topliss-reactive ketones (excluding diaryl/α,β-unsaturated/α-hetero) is 1. The summed E-state index contributed by atoms with van der Waals surface area (Å²) in [6.45, 7) is 2.44. The van der Waals surface area contributed by atoms with Crippen LogP contribution in [0, 0.1) is 0 Å². The fourth-order valence-electron chi connectivity index (χ4n) is 2.39. The molecule has 0 unspecified atom stereocenters. The van der Waals surface area contributed by atoms with Crippen LogP contribution in [0.2, 0.25) is 0 Å². The average Bonchev–Trinajstić information content (AvgIpc) is 2.61. The van der Waals surface area contributed by atoms with Crippen molar-refractivity contribution in [2.24, 2.45) is 0 Å². The Morgan fingerprint density at radius 2 is 1.75 bits per heavy atom. The van der Waals surface area contributed by atoms with E-state index in [-0.39, 0.29) is 24.2 Å². The summed E-state index contributed by atoms with van der Waals surface area (Å²) in [5.74, 6) is 0.806. The van der Waals surface area contributed by atoms with Crippen molar-refractivity contribution < 1.29 is 14.6 Å². The fourth-order valence-corrected chi connectivity index (χ4v) is 2.39. The van der Waals surface area contributed by atoms with E-state index in [0.29, 0.717) is 18.5 Å². The summed E-state index contributed by atoms with van der Waals surface area (Å²) in [7, 11) is 1.60. The molecule has 2 aromatic carbocycles. The quantitative estimate of drug-likeness (QED) is 0.717. The summed E-state index contributed by atoms with van der Waals surface area (Å²) in [6, 6.07) is 16.5. The molecule has 0 aromatic heterocycles. The number of aliphatic hydroxyl groups is 1. The molecule has 0 bridgehead atoms. The predicted molar refractivity (Wildman–Crippen MR) is 98.1 cm³/mol. The number of carbonyl (C=O) groups excluding carboxylic acids is 1. The number of aliphatic hydroxyl groups excluding tert-OH is 1. The highest BCUT2D eigenvalue weighted by Crippen LogP contribution is 2.16. The summed E-state index contributed by atoms with van der Waals surface area (Å²) in [6.07, 6.45) is -0.203. The van der Waals surface area contributed by atoms with Gasteiger partial charge in [-0.25, -0.2) is 0 Å². The Labute approximate surface area is 149 Å². The van der Waals surface area contributed by atoms with Crippen LogP contribution < -0.4 is 10.1 Å². The minimum atomic E-state index is -0.590. The van der Waals surface area contributed by atoms with Gasteiger partial charge in [0, 0.05) is 24.6 Å². The highest BCUT2D eigenvalue weighted by molar-refractivity contribution is 5.96. The lowest BCUT2D eigenvalue weighted by atomic mass is 10.0. The highest BCUT2D eigenvalue weighted by Gasteiger charge is 2.16. The summed E-state index contributed by atoms with van der Waals surface area (Å²) in [5.41, 5.74) is 1.54. The maximum absolute atomic E-state index is 12.1. The zero-order chi connectivity index (χ0) is 16.7. The predicted octanol–water partition coefficient (Wildman–Crippen LogP) is 3.40. The number of hydrogen-bond donors (Lipinski definition) is 2. The molecule has 4 nitrogen and oxygen atoms in total. The minimum absolute atomic E-state index is 0. The molecule has 0 fully saturated rings. The molecule has 2 atom stereocenters. The summed E-state index contributed by atoms with van der Waals surface area (Å²) in [5, 5.41) is 13.5. The van der Waals surface area contributed by atoms with Gasteiger partial charge in [-0.1, -0.05) is 30.3 Å². The van der Waals surface area contributed by atoms with Gasteiger partial charge in [0.15, 0.2) is 5.78 Å². The van der Waals surface area contributed by atoms with E-state index in [0.717, 1.165) is 11.3 Å². The first-order valence-electron chi connectivity index (χ1n) is 7.75. The van der Waals surface area contributed by atoms with Crippen LogP contribution >= 0.6 is 12.4 Å². The Hall–Kier alpha value is -1.88. The molecular formula is C19H24ClNO3. The molecule has 2 rings (SSSR count). The second-order valence-corrected chi connectivity index (χ2v) is 5.50. The molecular weight excluding hydrogens is 326 g/mol. The van der Waals surface area contributed by atoms with Crippen LogP contribution in [0.3, 0.4) is 0 Å². The van der Waals surface area contributed by atoms with Gasteiger partial charge in [-0.15, -0.1) is 12.4 Å². The molecule has 0 spiro atoms. The Morgan fingerprint density at radius 1 is 1.12 bits per heavy atom. The van der Waals surface area contributed by atoms with Crippen LogP contribution in [0.1, 0.15) is 35.4 Å². The van der Waals surface area contributed by atoms with Crippen LogP contribution in [0.25, 0.3) is 0 Å². The Kier molecular flexibility index (Phi) is 8.47. The topological polar surface area (TPSA) is 58.6 Å². The van der Waals surface area contributed by atoms with Gasteiger partial charge >= 0.3 is 0 Å². The number of carbonyl (C=O) groups is 1. The molecule has 130 valence electrons. The molecule has 0 aliphatic heterocycles. The van der Waals surface area contributed by atoms with Gasteiger partial charge in [0.25, 0.3) is 0 Å². The zero-order valence-corrected chi connectivity index (χ0v) is 14.8.